The first-order valence-electron chi connectivity index (χ1n) is 9.18. The molecule has 0 saturated heterocycles. The van der Waals surface area contributed by atoms with Crippen LogP contribution in [0.3, 0.4) is 0 Å². The van der Waals surface area contributed by atoms with Gasteiger partial charge in [0.15, 0.2) is 0 Å². The largest absolute Gasteiger partial charge is 0.496 e. The molecule has 0 aliphatic heterocycles. The van der Waals surface area contributed by atoms with Crippen LogP contribution in [0, 0.1) is 0 Å². The summed E-state index contributed by atoms with van der Waals surface area (Å²) in [6, 6.07) is 7.02. The van der Waals surface area contributed by atoms with Gasteiger partial charge in [-0.3, -0.25) is 0 Å². The molecule has 136 valence electrons. The van der Waals surface area contributed by atoms with Crippen molar-refractivity contribution in [1.82, 2.24) is 5.32 Å². The van der Waals surface area contributed by atoms with Gasteiger partial charge in [-0.05, 0) is 56.2 Å². The van der Waals surface area contributed by atoms with Crippen LogP contribution in [-0.2, 0) is 5.41 Å². The smallest absolute Gasteiger partial charge is 0.126 e. The third-order valence-corrected chi connectivity index (χ3v) is 4.25. The van der Waals surface area contributed by atoms with Crippen molar-refractivity contribution in [2.24, 2.45) is 0 Å². The van der Waals surface area contributed by atoms with Crippen LogP contribution in [0.15, 0.2) is 24.3 Å². The highest BCUT2D eigenvalue weighted by Gasteiger charge is 2.17. The van der Waals surface area contributed by atoms with Gasteiger partial charge in [-0.1, -0.05) is 52.8 Å². The molecule has 2 nitrogen and oxygen atoms in total. The van der Waals surface area contributed by atoms with Gasteiger partial charge in [0.05, 0.1) is 7.11 Å². The summed E-state index contributed by atoms with van der Waals surface area (Å²) in [5.74, 6) is 0.945. The molecule has 1 N–H and O–H groups in total. The second kappa shape index (κ2) is 8.71. The average Bonchev–Trinajstić information content (AvgIpc) is 2.44. The number of hydrogen-bond donors (Lipinski definition) is 1. The first kappa shape index (κ1) is 20.8. The molecule has 0 saturated carbocycles. The molecule has 1 rings (SSSR count). The molecule has 0 atom stereocenters. The van der Waals surface area contributed by atoms with E-state index in [1.54, 1.807) is 7.11 Å². The van der Waals surface area contributed by atoms with Crippen molar-refractivity contribution < 1.29 is 4.74 Å². The van der Waals surface area contributed by atoms with Crippen LogP contribution >= 0.6 is 0 Å². The Morgan fingerprint density at radius 2 is 1.79 bits per heavy atom. The standard InChI is InChI=1S/C22H37NO/c1-17(2)23-22(6,7)15-11-9-10-12-18-16-19(21(3,4)5)13-14-20(18)24-8/h10,12-14,16-17,23H,9,11,15H2,1-8H3/b12-10+. The molecule has 0 unspecified atom stereocenters. The molecule has 0 aliphatic carbocycles. The van der Waals surface area contributed by atoms with E-state index in [1.807, 2.05) is 0 Å². The van der Waals surface area contributed by atoms with Crippen molar-refractivity contribution in [1.29, 1.82) is 0 Å². The summed E-state index contributed by atoms with van der Waals surface area (Å²) in [6.07, 6.45) is 7.93. The Hall–Kier alpha value is -1.28. The van der Waals surface area contributed by atoms with Crippen LogP contribution in [0.25, 0.3) is 6.08 Å². The lowest BCUT2D eigenvalue weighted by atomic mass is 9.86. The predicted octanol–water partition coefficient (Wildman–Crippen LogP) is 5.95. The third kappa shape index (κ3) is 7.09. The summed E-state index contributed by atoms with van der Waals surface area (Å²) < 4.78 is 5.51. The van der Waals surface area contributed by atoms with Crippen molar-refractivity contribution in [3.8, 4) is 5.75 Å². The molecule has 0 radical (unpaired) electrons. The fourth-order valence-corrected chi connectivity index (χ4v) is 3.06. The molecule has 0 aliphatic rings. The normalized spacial score (nSPS) is 13.0. The lowest BCUT2D eigenvalue weighted by Crippen LogP contribution is -2.43. The van der Waals surface area contributed by atoms with Crippen molar-refractivity contribution in [2.75, 3.05) is 7.11 Å². The second-order valence-corrected chi connectivity index (χ2v) is 8.68. The summed E-state index contributed by atoms with van der Waals surface area (Å²) in [7, 11) is 1.74. The monoisotopic (exact) mass is 331 g/mol. The molecule has 0 fully saturated rings. The number of allylic oxidation sites excluding steroid dienone is 1. The Morgan fingerprint density at radius 3 is 2.33 bits per heavy atom. The predicted molar refractivity (Wildman–Crippen MR) is 107 cm³/mol. The van der Waals surface area contributed by atoms with Gasteiger partial charge >= 0.3 is 0 Å². The molecular weight excluding hydrogens is 294 g/mol. The Bertz CT molecular complexity index is 535. The molecule has 24 heavy (non-hydrogen) atoms. The SMILES string of the molecule is COc1ccc(C(C)(C)C)cc1/C=C/CCCC(C)(C)NC(C)C. The van der Waals surface area contributed by atoms with Crippen LogP contribution < -0.4 is 10.1 Å². The summed E-state index contributed by atoms with van der Waals surface area (Å²) in [6.45, 7) is 15.7. The van der Waals surface area contributed by atoms with Gasteiger partial charge in [0.25, 0.3) is 0 Å². The van der Waals surface area contributed by atoms with E-state index in [9.17, 15) is 0 Å². The van der Waals surface area contributed by atoms with Crippen molar-refractivity contribution in [3.63, 3.8) is 0 Å². The molecule has 2 heteroatoms. The minimum Gasteiger partial charge on any atom is -0.496 e. The molecule has 0 spiro atoms. The molecule has 1 aromatic rings. The van der Waals surface area contributed by atoms with Crippen molar-refractivity contribution in [2.45, 2.75) is 84.7 Å². The van der Waals surface area contributed by atoms with Gasteiger partial charge in [-0.25, -0.2) is 0 Å². The maximum atomic E-state index is 5.51. The zero-order chi connectivity index (χ0) is 18.4. The van der Waals surface area contributed by atoms with Gasteiger partial charge < -0.3 is 10.1 Å². The van der Waals surface area contributed by atoms with Gasteiger partial charge in [0, 0.05) is 17.1 Å². The Labute approximate surface area is 149 Å². The van der Waals surface area contributed by atoms with Crippen LogP contribution in [0.2, 0.25) is 0 Å². The lowest BCUT2D eigenvalue weighted by molar-refractivity contribution is 0.326. The summed E-state index contributed by atoms with van der Waals surface area (Å²) in [4.78, 5) is 0. The number of rotatable bonds is 8. The van der Waals surface area contributed by atoms with E-state index < -0.39 is 0 Å². The van der Waals surface area contributed by atoms with Gasteiger partial charge in [0.2, 0.25) is 0 Å². The molecule has 0 amide bonds. The Balaban J connectivity index is 2.67. The number of nitrogens with one attached hydrogen (secondary N) is 1. The molecule has 0 aromatic heterocycles. The molecular formula is C22H37NO. The van der Waals surface area contributed by atoms with Gasteiger partial charge in [-0.2, -0.15) is 0 Å². The number of hydrogen-bond acceptors (Lipinski definition) is 2. The highest BCUT2D eigenvalue weighted by Crippen LogP contribution is 2.29. The zero-order valence-electron chi connectivity index (χ0n) is 17.0. The van der Waals surface area contributed by atoms with E-state index in [0.717, 1.165) is 12.2 Å². The number of benzene rings is 1. The number of unbranched alkanes of at least 4 members (excludes halogenated alkanes) is 1. The topological polar surface area (TPSA) is 21.3 Å². The van der Waals surface area contributed by atoms with E-state index in [4.69, 9.17) is 4.74 Å². The molecule has 0 heterocycles. The fourth-order valence-electron chi connectivity index (χ4n) is 3.06. The average molecular weight is 332 g/mol. The highest BCUT2D eigenvalue weighted by atomic mass is 16.5. The van der Waals surface area contributed by atoms with Crippen molar-refractivity contribution >= 4 is 6.08 Å². The van der Waals surface area contributed by atoms with Crippen molar-refractivity contribution in [3.05, 3.63) is 35.4 Å². The summed E-state index contributed by atoms with van der Waals surface area (Å²) in [5.41, 5.74) is 2.86. The fraction of sp³-hybridized carbons (Fsp3) is 0.636. The molecule has 1 aromatic carbocycles. The first-order chi connectivity index (χ1) is 11.0. The van der Waals surface area contributed by atoms with Gasteiger partial charge in [0.1, 0.15) is 5.75 Å². The maximum absolute atomic E-state index is 5.51. The number of methoxy groups -OCH3 is 1. The third-order valence-electron chi connectivity index (χ3n) is 4.25. The molecule has 0 bridgehead atoms. The van der Waals surface area contributed by atoms with Crippen LogP contribution in [-0.4, -0.2) is 18.7 Å². The quantitative estimate of drug-likeness (QED) is 0.594. The Morgan fingerprint density at radius 1 is 1.12 bits per heavy atom. The van der Waals surface area contributed by atoms with Crippen LogP contribution in [0.1, 0.15) is 78.9 Å². The van der Waals surface area contributed by atoms with E-state index in [1.165, 1.54) is 24.0 Å². The lowest BCUT2D eigenvalue weighted by Gasteiger charge is -2.28. The van der Waals surface area contributed by atoms with Gasteiger partial charge in [-0.15, -0.1) is 0 Å². The summed E-state index contributed by atoms with van der Waals surface area (Å²) >= 11 is 0. The highest BCUT2D eigenvalue weighted by molar-refractivity contribution is 5.59. The first-order valence-corrected chi connectivity index (χ1v) is 9.18. The minimum absolute atomic E-state index is 0.154. The van der Waals surface area contributed by atoms with E-state index >= 15 is 0 Å². The minimum atomic E-state index is 0.154. The van der Waals surface area contributed by atoms with Crippen LogP contribution in [0.4, 0.5) is 0 Å². The maximum Gasteiger partial charge on any atom is 0.126 e. The van der Waals surface area contributed by atoms with E-state index in [-0.39, 0.29) is 11.0 Å². The van der Waals surface area contributed by atoms with E-state index in [2.05, 4.69) is 84.1 Å². The zero-order valence-corrected chi connectivity index (χ0v) is 17.0. The summed E-state index contributed by atoms with van der Waals surface area (Å²) in [5, 5.41) is 3.63. The van der Waals surface area contributed by atoms with E-state index in [0.29, 0.717) is 6.04 Å². The van der Waals surface area contributed by atoms with Crippen LogP contribution in [0.5, 0.6) is 5.75 Å². The second-order valence-electron chi connectivity index (χ2n) is 8.68. The Kier molecular flexibility index (Phi) is 7.54. The number of ether oxygens (including phenoxy) is 1.